The van der Waals surface area contributed by atoms with Crippen LogP contribution in [0.4, 0.5) is 0 Å². The minimum atomic E-state index is -0.772. The molecule has 0 saturated heterocycles. The number of esters is 3. The van der Waals surface area contributed by atoms with E-state index in [1.165, 1.54) is 244 Å². The van der Waals surface area contributed by atoms with Gasteiger partial charge in [-0.2, -0.15) is 0 Å². The first-order valence-corrected chi connectivity index (χ1v) is 31.3. The van der Waals surface area contributed by atoms with Gasteiger partial charge in [0.25, 0.3) is 0 Å². The van der Waals surface area contributed by atoms with E-state index in [0.717, 1.165) is 64.2 Å². The Bertz CT molecular complexity index is 1130. The lowest BCUT2D eigenvalue weighted by Crippen LogP contribution is -2.30. The topological polar surface area (TPSA) is 78.9 Å². The first-order valence-electron chi connectivity index (χ1n) is 31.3. The summed E-state index contributed by atoms with van der Waals surface area (Å²) in [6.45, 7) is 6.69. The van der Waals surface area contributed by atoms with Gasteiger partial charge in [-0.25, -0.2) is 0 Å². The van der Waals surface area contributed by atoms with Crippen LogP contribution in [0.3, 0.4) is 0 Å². The summed E-state index contributed by atoms with van der Waals surface area (Å²) in [6.07, 6.45) is 70.4. The molecule has 0 spiro atoms. The molecule has 0 radical (unpaired) electrons. The van der Waals surface area contributed by atoms with E-state index in [1.54, 1.807) is 0 Å². The number of allylic oxidation sites excluding steroid dienone is 4. The van der Waals surface area contributed by atoms with E-state index >= 15 is 0 Å². The summed E-state index contributed by atoms with van der Waals surface area (Å²) in [5.41, 5.74) is 0. The smallest absolute Gasteiger partial charge is 0.306 e. The maximum absolute atomic E-state index is 12.9. The zero-order valence-corrected chi connectivity index (χ0v) is 47.3. The number of hydrogen-bond donors (Lipinski definition) is 0. The molecule has 0 aromatic carbocycles. The van der Waals surface area contributed by atoms with Gasteiger partial charge in [0.1, 0.15) is 13.2 Å². The predicted octanol–water partition coefficient (Wildman–Crippen LogP) is 21.1. The fourth-order valence-electron chi connectivity index (χ4n) is 9.44. The molecule has 1 atom stereocenters. The molecule has 0 heterocycles. The summed E-state index contributed by atoms with van der Waals surface area (Å²) in [5.74, 6) is -0.856. The summed E-state index contributed by atoms with van der Waals surface area (Å²) in [5, 5.41) is 0. The largest absolute Gasteiger partial charge is 0.462 e. The van der Waals surface area contributed by atoms with Crippen LogP contribution in [0.5, 0.6) is 0 Å². The predicted molar refractivity (Wildman–Crippen MR) is 303 cm³/mol. The molecule has 0 aromatic heterocycles. The fourth-order valence-corrected chi connectivity index (χ4v) is 9.44. The highest BCUT2D eigenvalue weighted by molar-refractivity contribution is 5.71. The molecular formula is C64H120O6. The molecular weight excluding hydrogens is 865 g/mol. The van der Waals surface area contributed by atoms with Crippen LogP contribution in [-0.4, -0.2) is 37.2 Å². The Kier molecular flexibility index (Phi) is 57.7. The lowest BCUT2D eigenvalue weighted by atomic mass is 10.0. The number of rotatable bonds is 58. The second-order valence-corrected chi connectivity index (χ2v) is 21.3. The molecule has 0 aromatic rings. The highest BCUT2D eigenvalue weighted by Crippen LogP contribution is 2.17. The van der Waals surface area contributed by atoms with Crippen molar-refractivity contribution >= 4 is 17.9 Å². The lowest BCUT2D eigenvalue weighted by molar-refractivity contribution is -0.167. The molecule has 0 saturated carbocycles. The van der Waals surface area contributed by atoms with Gasteiger partial charge in [-0.3, -0.25) is 14.4 Å². The number of carbonyl (C=O) groups excluding carboxylic acids is 3. The van der Waals surface area contributed by atoms with Crippen molar-refractivity contribution in [1.29, 1.82) is 0 Å². The van der Waals surface area contributed by atoms with Crippen molar-refractivity contribution in [3.63, 3.8) is 0 Å². The van der Waals surface area contributed by atoms with Gasteiger partial charge in [-0.05, 0) is 70.6 Å². The highest BCUT2D eigenvalue weighted by Gasteiger charge is 2.19. The second kappa shape index (κ2) is 59.5. The Morgan fingerprint density at radius 3 is 0.714 bits per heavy atom. The highest BCUT2D eigenvalue weighted by atomic mass is 16.6. The average Bonchev–Trinajstić information content (AvgIpc) is 3.36. The quantitative estimate of drug-likeness (QED) is 0.0261. The van der Waals surface area contributed by atoms with Crippen molar-refractivity contribution in [1.82, 2.24) is 0 Å². The maximum Gasteiger partial charge on any atom is 0.306 e. The van der Waals surface area contributed by atoms with Gasteiger partial charge < -0.3 is 14.2 Å². The Labute approximate surface area is 436 Å². The van der Waals surface area contributed by atoms with E-state index in [-0.39, 0.29) is 31.1 Å². The lowest BCUT2D eigenvalue weighted by Gasteiger charge is -2.18. The molecule has 0 rings (SSSR count). The number of hydrogen-bond acceptors (Lipinski definition) is 6. The van der Waals surface area contributed by atoms with E-state index in [1.807, 2.05) is 0 Å². The number of carbonyl (C=O) groups is 3. The Hall–Kier alpha value is -2.11. The van der Waals surface area contributed by atoms with Crippen LogP contribution in [0.15, 0.2) is 24.3 Å². The molecule has 0 bridgehead atoms. The van der Waals surface area contributed by atoms with Crippen molar-refractivity contribution in [3.8, 4) is 0 Å². The molecule has 70 heavy (non-hydrogen) atoms. The van der Waals surface area contributed by atoms with E-state index in [0.29, 0.717) is 19.3 Å². The third kappa shape index (κ3) is 56.8. The second-order valence-electron chi connectivity index (χ2n) is 21.3. The van der Waals surface area contributed by atoms with Gasteiger partial charge in [0.2, 0.25) is 0 Å². The van der Waals surface area contributed by atoms with E-state index in [4.69, 9.17) is 14.2 Å². The van der Waals surface area contributed by atoms with Gasteiger partial charge in [0, 0.05) is 19.3 Å². The van der Waals surface area contributed by atoms with E-state index < -0.39 is 6.10 Å². The maximum atomic E-state index is 12.9. The van der Waals surface area contributed by atoms with Crippen LogP contribution < -0.4 is 0 Å². The molecule has 0 aliphatic rings. The standard InChI is InChI=1S/C64H120O6/c1-4-7-10-13-16-19-22-25-27-29-30-31-32-33-34-35-37-39-42-45-48-51-54-57-63(66)69-60-61(59-68-62(65)56-53-50-47-44-41-38-24-21-18-15-12-9-6-3)70-64(67)58-55-52-49-46-43-40-36-28-26-23-20-17-14-11-8-5-2/h28-30,36,61H,4-27,31-35,37-60H2,1-3H3/b30-29-,36-28-. The summed E-state index contributed by atoms with van der Waals surface area (Å²) >= 11 is 0. The molecule has 0 amide bonds. The Balaban J connectivity index is 4.26. The van der Waals surface area contributed by atoms with Gasteiger partial charge >= 0.3 is 17.9 Å². The SMILES string of the molecule is CCCCCCCCC/C=C\CCCCCCCC(=O)OC(COC(=O)CCCCCCCCCCCCC/C=C\CCCCCCCCCC)COC(=O)CCCCCCCCCCCCCCC. The van der Waals surface area contributed by atoms with Crippen molar-refractivity contribution in [3.05, 3.63) is 24.3 Å². The first kappa shape index (κ1) is 67.9. The molecule has 0 aliphatic carbocycles. The number of unbranched alkanes of at least 4 members (excludes halogenated alkanes) is 43. The molecule has 1 unspecified atom stereocenters. The molecule has 0 aliphatic heterocycles. The van der Waals surface area contributed by atoms with Crippen molar-refractivity contribution in [2.75, 3.05) is 13.2 Å². The normalized spacial score (nSPS) is 12.1. The zero-order chi connectivity index (χ0) is 50.7. The van der Waals surface area contributed by atoms with Gasteiger partial charge in [-0.1, -0.05) is 283 Å². The van der Waals surface area contributed by atoms with E-state index in [2.05, 4.69) is 45.1 Å². The molecule has 6 nitrogen and oxygen atoms in total. The minimum Gasteiger partial charge on any atom is -0.462 e. The van der Waals surface area contributed by atoms with Crippen molar-refractivity contribution in [2.24, 2.45) is 0 Å². The van der Waals surface area contributed by atoms with Gasteiger partial charge in [0.05, 0.1) is 0 Å². The molecule has 0 fully saturated rings. The van der Waals surface area contributed by atoms with Crippen molar-refractivity contribution in [2.45, 2.75) is 354 Å². The van der Waals surface area contributed by atoms with Crippen LogP contribution in [0.2, 0.25) is 0 Å². The summed E-state index contributed by atoms with van der Waals surface area (Å²) < 4.78 is 16.9. The minimum absolute atomic E-state index is 0.0699. The average molecular weight is 986 g/mol. The monoisotopic (exact) mass is 985 g/mol. The van der Waals surface area contributed by atoms with Crippen LogP contribution in [0, 0.1) is 0 Å². The van der Waals surface area contributed by atoms with Crippen LogP contribution >= 0.6 is 0 Å². The molecule has 412 valence electrons. The molecule has 6 heteroatoms. The van der Waals surface area contributed by atoms with Gasteiger partial charge in [0.15, 0.2) is 6.10 Å². The third-order valence-corrected chi connectivity index (χ3v) is 14.2. The van der Waals surface area contributed by atoms with Crippen LogP contribution in [-0.2, 0) is 28.6 Å². The Morgan fingerprint density at radius 1 is 0.271 bits per heavy atom. The zero-order valence-electron chi connectivity index (χ0n) is 47.3. The summed E-state index contributed by atoms with van der Waals surface area (Å²) in [4.78, 5) is 38.2. The Morgan fingerprint density at radius 2 is 0.471 bits per heavy atom. The van der Waals surface area contributed by atoms with Crippen LogP contribution in [0.1, 0.15) is 348 Å². The first-order chi connectivity index (χ1) is 34.5. The van der Waals surface area contributed by atoms with E-state index in [9.17, 15) is 14.4 Å². The molecule has 0 N–H and O–H groups in total. The third-order valence-electron chi connectivity index (χ3n) is 14.2. The van der Waals surface area contributed by atoms with Crippen molar-refractivity contribution < 1.29 is 28.6 Å². The number of ether oxygens (including phenoxy) is 3. The fraction of sp³-hybridized carbons (Fsp3) is 0.891. The van der Waals surface area contributed by atoms with Crippen LogP contribution in [0.25, 0.3) is 0 Å². The summed E-state index contributed by atoms with van der Waals surface area (Å²) in [7, 11) is 0. The summed E-state index contributed by atoms with van der Waals surface area (Å²) in [6, 6.07) is 0. The van der Waals surface area contributed by atoms with Gasteiger partial charge in [-0.15, -0.1) is 0 Å².